The molecule has 0 atom stereocenters. The van der Waals surface area contributed by atoms with E-state index in [9.17, 15) is 0 Å². The zero-order valence-electron chi connectivity index (χ0n) is 7.27. The van der Waals surface area contributed by atoms with E-state index in [1.807, 2.05) is 7.05 Å². The second-order valence-corrected chi connectivity index (χ2v) is 3.35. The van der Waals surface area contributed by atoms with Crippen molar-refractivity contribution in [1.29, 1.82) is 0 Å². The highest BCUT2D eigenvalue weighted by molar-refractivity contribution is 6.28. The number of hydrogen-bond acceptors (Lipinski definition) is 4. The molecule has 0 saturated carbocycles. The third-order valence-corrected chi connectivity index (χ3v) is 2.38. The average molecular weight is 200 g/mol. The van der Waals surface area contributed by atoms with Crippen molar-refractivity contribution in [3.63, 3.8) is 0 Å². The second-order valence-electron chi connectivity index (χ2n) is 3.01. The van der Waals surface area contributed by atoms with Gasteiger partial charge in [0, 0.05) is 7.05 Å². The van der Waals surface area contributed by atoms with Crippen LogP contribution in [0.5, 0.6) is 0 Å². The van der Waals surface area contributed by atoms with E-state index in [-0.39, 0.29) is 5.28 Å². The molecule has 2 rings (SSSR count). The molecule has 0 aliphatic carbocycles. The topological polar surface area (TPSA) is 38.2 Å². The van der Waals surface area contributed by atoms with E-state index in [0.29, 0.717) is 6.04 Å². The lowest BCUT2D eigenvalue weighted by Crippen LogP contribution is -2.47. The molecule has 0 spiro atoms. The number of nitrogens with zero attached hydrogens (tertiary/aromatic N) is 3. The minimum absolute atomic E-state index is 0.280. The summed E-state index contributed by atoms with van der Waals surface area (Å²) >= 11 is 5.58. The maximum atomic E-state index is 5.58. The van der Waals surface area contributed by atoms with Gasteiger partial charge in [0.1, 0.15) is 0 Å². The van der Waals surface area contributed by atoms with Gasteiger partial charge < -0.3 is 9.64 Å². The van der Waals surface area contributed by atoms with Crippen LogP contribution in [0.15, 0.2) is 12.4 Å². The Morgan fingerprint density at radius 1 is 1.46 bits per heavy atom. The van der Waals surface area contributed by atoms with Crippen LogP contribution in [0, 0.1) is 0 Å². The maximum Gasteiger partial charge on any atom is 0.222 e. The van der Waals surface area contributed by atoms with Gasteiger partial charge in [-0.1, -0.05) is 0 Å². The molecular formula is C8H10ClN3O. The van der Waals surface area contributed by atoms with Gasteiger partial charge in [-0.05, 0) is 11.6 Å². The largest absolute Gasteiger partial charge is 0.377 e. The van der Waals surface area contributed by atoms with Gasteiger partial charge in [-0.15, -0.1) is 0 Å². The molecule has 0 unspecified atom stereocenters. The van der Waals surface area contributed by atoms with Gasteiger partial charge in [0.2, 0.25) is 5.28 Å². The van der Waals surface area contributed by atoms with E-state index in [2.05, 4.69) is 14.9 Å². The van der Waals surface area contributed by atoms with Crippen molar-refractivity contribution in [2.24, 2.45) is 0 Å². The van der Waals surface area contributed by atoms with Crippen molar-refractivity contribution >= 4 is 17.3 Å². The number of rotatable bonds is 2. The Labute approximate surface area is 81.5 Å². The van der Waals surface area contributed by atoms with Gasteiger partial charge in [-0.25, -0.2) is 9.97 Å². The van der Waals surface area contributed by atoms with Crippen LogP contribution in [-0.2, 0) is 4.74 Å². The zero-order chi connectivity index (χ0) is 9.26. The highest BCUT2D eigenvalue weighted by Gasteiger charge is 2.23. The standard InChI is InChI=1S/C8H10ClN3O/c1-12(7-4-13-5-7)6-2-10-8(9)11-3-6/h2-3,7H,4-5H2,1H3. The summed E-state index contributed by atoms with van der Waals surface area (Å²) < 4.78 is 5.09. The van der Waals surface area contributed by atoms with Gasteiger partial charge in [-0.3, -0.25) is 0 Å². The van der Waals surface area contributed by atoms with E-state index in [4.69, 9.17) is 16.3 Å². The van der Waals surface area contributed by atoms with Crippen LogP contribution in [0.2, 0.25) is 5.28 Å². The Balaban J connectivity index is 2.10. The molecule has 0 radical (unpaired) electrons. The second kappa shape index (κ2) is 3.47. The van der Waals surface area contributed by atoms with Crippen molar-refractivity contribution in [3.05, 3.63) is 17.7 Å². The molecule has 1 aliphatic heterocycles. The summed E-state index contributed by atoms with van der Waals surface area (Å²) in [6.07, 6.45) is 3.43. The van der Waals surface area contributed by atoms with Gasteiger partial charge >= 0.3 is 0 Å². The van der Waals surface area contributed by atoms with Crippen molar-refractivity contribution in [2.75, 3.05) is 25.2 Å². The first kappa shape index (κ1) is 8.72. The van der Waals surface area contributed by atoms with Gasteiger partial charge in [0.25, 0.3) is 0 Å². The SMILES string of the molecule is CN(c1cnc(Cl)nc1)C1COC1. The lowest BCUT2D eigenvalue weighted by molar-refractivity contribution is 0.0101. The molecule has 0 bridgehead atoms. The zero-order valence-corrected chi connectivity index (χ0v) is 8.03. The molecule has 4 nitrogen and oxygen atoms in total. The summed E-state index contributed by atoms with van der Waals surface area (Å²) in [5.41, 5.74) is 0.970. The van der Waals surface area contributed by atoms with Gasteiger partial charge in [-0.2, -0.15) is 0 Å². The van der Waals surface area contributed by atoms with Crippen molar-refractivity contribution < 1.29 is 4.74 Å². The quantitative estimate of drug-likeness (QED) is 0.666. The molecule has 0 aromatic carbocycles. The molecule has 1 saturated heterocycles. The first-order valence-corrected chi connectivity index (χ1v) is 4.43. The van der Waals surface area contributed by atoms with Gasteiger partial charge in [0.05, 0.1) is 37.3 Å². The van der Waals surface area contributed by atoms with Crippen molar-refractivity contribution in [1.82, 2.24) is 9.97 Å². The lowest BCUT2D eigenvalue weighted by Gasteiger charge is -2.35. The number of aromatic nitrogens is 2. The smallest absolute Gasteiger partial charge is 0.222 e. The summed E-state index contributed by atoms with van der Waals surface area (Å²) in [5, 5.41) is 0.280. The number of anilines is 1. The van der Waals surface area contributed by atoms with Crippen LogP contribution in [-0.4, -0.2) is 36.3 Å². The first-order valence-electron chi connectivity index (χ1n) is 4.05. The number of halogens is 1. The van der Waals surface area contributed by atoms with Crippen LogP contribution in [0.1, 0.15) is 0 Å². The van der Waals surface area contributed by atoms with Crippen LogP contribution >= 0.6 is 11.6 Å². The van der Waals surface area contributed by atoms with E-state index in [1.54, 1.807) is 12.4 Å². The summed E-state index contributed by atoms with van der Waals surface area (Å²) in [4.78, 5) is 9.92. The predicted molar refractivity (Wildman–Crippen MR) is 50.1 cm³/mol. The molecular weight excluding hydrogens is 190 g/mol. The Bertz CT molecular complexity index is 286. The normalized spacial score (nSPS) is 16.8. The van der Waals surface area contributed by atoms with E-state index in [1.165, 1.54) is 0 Å². The third-order valence-electron chi connectivity index (χ3n) is 2.18. The van der Waals surface area contributed by atoms with Gasteiger partial charge in [0.15, 0.2) is 0 Å². The van der Waals surface area contributed by atoms with E-state index in [0.717, 1.165) is 18.9 Å². The summed E-state index contributed by atoms with van der Waals surface area (Å²) in [6, 6.07) is 0.449. The van der Waals surface area contributed by atoms with Crippen LogP contribution < -0.4 is 4.90 Å². The fraction of sp³-hybridized carbons (Fsp3) is 0.500. The van der Waals surface area contributed by atoms with E-state index >= 15 is 0 Å². The highest BCUT2D eigenvalue weighted by atomic mass is 35.5. The molecule has 1 aromatic heterocycles. The Morgan fingerprint density at radius 2 is 2.08 bits per heavy atom. The molecule has 2 heterocycles. The minimum Gasteiger partial charge on any atom is -0.377 e. The summed E-state index contributed by atoms with van der Waals surface area (Å²) in [6.45, 7) is 1.55. The van der Waals surface area contributed by atoms with Crippen LogP contribution in [0.25, 0.3) is 0 Å². The number of likely N-dealkylation sites (N-methyl/N-ethyl adjacent to an activating group) is 1. The monoisotopic (exact) mass is 199 g/mol. The summed E-state index contributed by atoms with van der Waals surface area (Å²) in [5.74, 6) is 0. The Hall–Kier alpha value is -0.870. The molecule has 0 N–H and O–H groups in total. The Morgan fingerprint density at radius 3 is 2.54 bits per heavy atom. The van der Waals surface area contributed by atoms with Crippen molar-refractivity contribution in [2.45, 2.75) is 6.04 Å². The average Bonchev–Trinajstić information content (AvgIpc) is 2.02. The fourth-order valence-corrected chi connectivity index (χ4v) is 1.24. The number of hydrogen-bond donors (Lipinski definition) is 0. The number of ether oxygens (including phenoxy) is 1. The molecule has 1 fully saturated rings. The van der Waals surface area contributed by atoms with Crippen LogP contribution in [0.3, 0.4) is 0 Å². The highest BCUT2D eigenvalue weighted by Crippen LogP contribution is 2.17. The minimum atomic E-state index is 0.280. The molecule has 70 valence electrons. The third kappa shape index (κ3) is 1.73. The Kier molecular flexibility index (Phi) is 2.33. The molecule has 1 aliphatic rings. The maximum absolute atomic E-state index is 5.58. The van der Waals surface area contributed by atoms with E-state index < -0.39 is 0 Å². The molecule has 5 heteroatoms. The van der Waals surface area contributed by atoms with Crippen molar-refractivity contribution in [3.8, 4) is 0 Å². The fourth-order valence-electron chi connectivity index (χ4n) is 1.15. The molecule has 1 aromatic rings. The lowest BCUT2D eigenvalue weighted by atomic mass is 10.2. The molecule has 0 amide bonds. The van der Waals surface area contributed by atoms with Crippen LogP contribution in [0.4, 0.5) is 5.69 Å². The predicted octanol–water partition coefficient (Wildman–Crippen LogP) is 0.965. The summed E-state index contributed by atoms with van der Waals surface area (Å²) in [7, 11) is 2.00. The first-order chi connectivity index (χ1) is 6.27. The molecule has 13 heavy (non-hydrogen) atoms.